The number of H-pyrrole nitrogens is 1. The number of nitrogens with one attached hydrogen (secondary N) is 3. The fourth-order valence-corrected chi connectivity index (χ4v) is 2.51. The van der Waals surface area contributed by atoms with Crippen LogP contribution >= 0.6 is 12.4 Å². The van der Waals surface area contributed by atoms with Crippen molar-refractivity contribution in [2.75, 3.05) is 19.6 Å². The fraction of sp³-hybridized carbons (Fsp3) is 0.333. The molecule has 1 amide bonds. The van der Waals surface area contributed by atoms with Gasteiger partial charge in [0.2, 0.25) is 5.91 Å². The van der Waals surface area contributed by atoms with Crippen molar-refractivity contribution in [2.24, 2.45) is 0 Å². The largest absolute Gasteiger partial charge is 0.351 e. The molecule has 0 fully saturated rings. The van der Waals surface area contributed by atoms with Crippen LogP contribution in [0.25, 0.3) is 11.0 Å². The summed E-state index contributed by atoms with van der Waals surface area (Å²) in [6, 6.07) is 7.36. The Morgan fingerprint density at radius 2 is 2.14 bits per heavy atom. The normalized spacial score (nSPS) is 14.3. The Kier molecular flexibility index (Phi) is 5.41. The number of halogens is 1. The zero-order valence-corrected chi connectivity index (χ0v) is 12.9. The molecule has 0 unspecified atom stereocenters. The van der Waals surface area contributed by atoms with Crippen molar-refractivity contribution in [2.45, 2.75) is 13.0 Å². The van der Waals surface area contributed by atoms with E-state index < -0.39 is 0 Å². The van der Waals surface area contributed by atoms with E-state index in [0.717, 1.165) is 30.5 Å². The summed E-state index contributed by atoms with van der Waals surface area (Å²) in [7, 11) is 0. The summed E-state index contributed by atoms with van der Waals surface area (Å²) in [5, 5.41) is 6.10. The number of benzene rings is 1. The summed E-state index contributed by atoms with van der Waals surface area (Å²) >= 11 is 0. The van der Waals surface area contributed by atoms with Gasteiger partial charge in [0, 0.05) is 13.1 Å². The van der Waals surface area contributed by atoms with E-state index in [1.165, 1.54) is 10.1 Å². The van der Waals surface area contributed by atoms with Gasteiger partial charge in [0.15, 0.2) is 0 Å². The van der Waals surface area contributed by atoms with Crippen molar-refractivity contribution in [1.29, 1.82) is 0 Å². The Bertz CT molecular complexity index is 747. The smallest absolute Gasteiger partial charge is 0.326 e. The molecule has 1 aromatic heterocycles. The summed E-state index contributed by atoms with van der Waals surface area (Å²) in [6.45, 7) is 2.39. The van der Waals surface area contributed by atoms with E-state index in [4.69, 9.17) is 0 Å². The summed E-state index contributed by atoms with van der Waals surface area (Å²) in [4.78, 5) is 26.7. The van der Waals surface area contributed by atoms with Crippen molar-refractivity contribution < 1.29 is 4.79 Å². The number of rotatable bonds is 4. The summed E-state index contributed by atoms with van der Waals surface area (Å²) < 4.78 is 1.46. The van der Waals surface area contributed by atoms with Gasteiger partial charge in [-0.15, -0.1) is 12.4 Å². The Balaban J connectivity index is 0.00000176. The monoisotopic (exact) mass is 322 g/mol. The molecule has 0 bridgehead atoms. The first-order chi connectivity index (χ1) is 10.2. The minimum atomic E-state index is -0.257. The topological polar surface area (TPSA) is 78.9 Å². The molecule has 3 rings (SSSR count). The molecule has 2 heterocycles. The average molecular weight is 323 g/mol. The molecule has 0 atom stereocenters. The van der Waals surface area contributed by atoms with Crippen LogP contribution in [0.1, 0.15) is 6.42 Å². The maximum atomic E-state index is 12.0. The number of aromatic nitrogens is 2. The van der Waals surface area contributed by atoms with Gasteiger partial charge >= 0.3 is 5.69 Å². The van der Waals surface area contributed by atoms with Gasteiger partial charge in [0.05, 0.1) is 11.0 Å². The molecule has 1 aliphatic heterocycles. The number of fused-ring (bicyclic) bond motifs is 1. The maximum Gasteiger partial charge on any atom is 0.326 e. The molecule has 0 aliphatic carbocycles. The fourth-order valence-electron chi connectivity index (χ4n) is 2.51. The minimum Gasteiger partial charge on any atom is -0.351 e. The highest BCUT2D eigenvalue weighted by Gasteiger charge is 2.11. The highest BCUT2D eigenvalue weighted by molar-refractivity contribution is 5.85. The van der Waals surface area contributed by atoms with Crippen molar-refractivity contribution in [3.63, 3.8) is 0 Å². The molecule has 0 radical (unpaired) electrons. The van der Waals surface area contributed by atoms with E-state index in [-0.39, 0.29) is 30.5 Å². The molecule has 3 N–H and O–H groups in total. The first-order valence-corrected chi connectivity index (χ1v) is 7.07. The molecule has 0 saturated heterocycles. The van der Waals surface area contributed by atoms with Gasteiger partial charge in [-0.05, 0) is 25.1 Å². The number of aromatic amines is 1. The van der Waals surface area contributed by atoms with Gasteiger partial charge < -0.3 is 15.6 Å². The van der Waals surface area contributed by atoms with Gasteiger partial charge in [0.1, 0.15) is 6.54 Å². The van der Waals surface area contributed by atoms with Crippen LogP contribution in [-0.4, -0.2) is 35.1 Å². The zero-order chi connectivity index (χ0) is 14.7. The third-order valence-electron chi connectivity index (χ3n) is 3.65. The van der Waals surface area contributed by atoms with Crippen LogP contribution in [0.2, 0.25) is 0 Å². The number of amides is 1. The van der Waals surface area contributed by atoms with Gasteiger partial charge in [0.25, 0.3) is 0 Å². The number of para-hydroxylation sites is 2. The molecule has 0 spiro atoms. The van der Waals surface area contributed by atoms with Crippen LogP contribution < -0.4 is 16.3 Å². The number of carbonyl (C=O) groups is 1. The lowest BCUT2D eigenvalue weighted by Crippen LogP contribution is -2.34. The Morgan fingerprint density at radius 1 is 1.32 bits per heavy atom. The van der Waals surface area contributed by atoms with Gasteiger partial charge in [-0.2, -0.15) is 0 Å². The van der Waals surface area contributed by atoms with Crippen LogP contribution in [0.15, 0.2) is 40.7 Å². The molecule has 2 aromatic rings. The van der Waals surface area contributed by atoms with E-state index in [2.05, 4.69) is 21.7 Å². The van der Waals surface area contributed by atoms with E-state index in [1.807, 2.05) is 24.3 Å². The SMILES string of the molecule is Cl.O=C(Cn1c(=O)[nH]c2ccccc21)NCC1=CCNCC1. The lowest BCUT2D eigenvalue weighted by Gasteiger charge is -2.14. The number of carbonyl (C=O) groups excluding carboxylic acids is 1. The highest BCUT2D eigenvalue weighted by Crippen LogP contribution is 2.08. The standard InChI is InChI=1S/C15H18N4O2.ClH/c20-14(17-9-11-5-7-16-8-6-11)10-19-13-4-2-1-3-12(13)18-15(19)21;/h1-5,16H,6-10H2,(H,17,20)(H,18,21);1H. The Hall–Kier alpha value is -2.05. The second-order valence-electron chi connectivity index (χ2n) is 5.13. The number of nitrogens with zero attached hydrogens (tertiary/aromatic N) is 1. The molecule has 22 heavy (non-hydrogen) atoms. The Morgan fingerprint density at radius 3 is 2.91 bits per heavy atom. The van der Waals surface area contributed by atoms with E-state index in [9.17, 15) is 9.59 Å². The first kappa shape index (κ1) is 16.3. The second kappa shape index (κ2) is 7.29. The highest BCUT2D eigenvalue weighted by atomic mass is 35.5. The molecule has 0 saturated carbocycles. The van der Waals surface area contributed by atoms with Crippen LogP contribution in [0.5, 0.6) is 0 Å². The molecular weight excluding hydrogens is 304 g/mol. The molecule has 1 aromatic carbocycles. The molecule has 6 nitrogen and oxygen atoms in total. The van der Waals surface area contributed by atoms with Gasteiger partial charge in [-0.1, -0.05) is 23.8 Å². The number of hydrogen-bond acceptors (Lipinski definition) is 3. The average Bonchev–Trinajstić information content (AvgIpc) is 2.82. The lowest BCUT2D eigenvalue weighted by atomic mass is 10.1. The third kappa shape index (κ3) is 3.58. The third-order valence-corrected chi connectivity index (χ3v) is 3.65. The number of hydrogen-bond donors (Lipinski definition) is 3. The molecule has 1 aliphatic rings. The van der Waals surface area contributed by atoms with Crippen LogP contribution in [0.3, 0.4) is 0 Å². The maximum absolute atomic E-state index is 12.0. The molecular formula is C15H19ClN4O2. The molecule has 118 valence electrons. The van der Waals surface area contributed by atoms with Crippen LogP contribution in [0.4, 0.5) is 0 Å². The summed E-state index contributed by atoms with van der Waals surface area (Å²) in [5.74, 6) is -0.152. The molecule has 7 heteroatoms. The predicted molar refractivity (Wildman–Crippen MR) is 88.4 cm³/mol. The van der Waals surface area contributed by atoms with Crippen molar-refractivity contribution in [3.8, 4) is 0 Å². The Labute approximate surface area is 134 Å². The van der Waals surface area contributed by atoms with Crippen LogP contribution in [0, 0.1) is 0 Å². The summed E-state index contributed by atoms with van der Waals surface area (Å²) in [6.07, 6.45) is 3.05. The van der Waals surface area contributed by atoms with E-state index >= 15 is 0 Å². The minimum absolute atomic E-state index is 0. The first-order valence-electron chi connectivity index (χ1n) is 7.07. The van der Waals surface area contributed by atoms with E-state index in [1.54, 1.807) is 0 Å². The second-order valence-corrected chi connectivity index (χ2v) is 5.13. The van der Waals surface area contributed by atoms with E-state index in [0.29, 0.717) is 6.54 Å². The van der Waals surface area contributed by atoms with Crippen LogP contribution in [-0.2, 0) is 11.3 Å². The van der Waals surface area contributed by atoms with Gasteiger partial charge in [-0.25, -0.2) is 4.79 Å². The van der Waals surface area contributed by atoms with Crippen molar-refractivity contribution in [1.82, 2.24) is 20.2 Å². The van der Waals surface area contributed by atoms with Crippen molar-refractivity contribution >= 4 is 29.3 Å². The summed E-state index contributed by atoms with van der Waals surface area (Å²) in [5.41, 5.74) is 2.47. The number of imidazole rings is 1. The predicted octanol–water partition coefficient (Wildman–Crippen LogP) is 0.787. The van der Waals surface area contributed by atoms with Crippen molar-refractivity contribution in [3.05, 3.63) is 46.4 Å². The van der Waals surface area contributed by atoms with Gasteiger partial charge in [-0.3, -0.25) is 9.36 Å². The lowest BCUT2D eigenvalue weighted by molar-refractivity contribution is -0.121. The quantitative estimate of drug-likeness (QED) is 0.728. The zero-order valence-electron chi connectivity index (χ0n) is 12.1.